The number of carbonyl (C=O) groups excluding carboxylic acids is 1. The Morgan fingerprint density at radius 2 is 1.84 bits per heavy atom. The van der Waals surface area contributed by atoms with Gasteiger partial charge < -0.3 is 4.74 Å². The van der Waals surface area contributed by atoms with E-state index in [4.69, 9.17) is 17.4 Å². The van der Waals surface area contributed by atoms with Gasteiger partial charge in [0.2, 0.25) is 0 Å². The molecule has 0 heterocycles. The van der Waals surface area contributed by atoms with Crippen molar-refractivity contribution in [1.29, 1.82) is 0 Å². The fourth-order valence-electron chi connectivity index (χ4n) is 8.91. The van der Waals surface area contributed by atoms with Crippen LogP contribution in [0, 0.1) is 46.3 Å². The molecule has 0 radical (unpaired) electrons. The third kappa shape index (κ3) is 4.34. The molecule has 9 atom stereocenters. The normalized spacial score (nSPS) is 43.0. The zero-order valence-corrected chi connectivity index (χ0v) is 22.4. The maximum Gasteiger partial charge on any atom is 0.302 e. The highest BCUT2D eigenvalue weighted by atomic mass is 32.1. The van der Waals surface area contributed by atoms with Gasteiger partial charge in [-0.1, -0.05) is 46.3 Å². The molecular weight excluding hydrogens is 412 g/mol. The zero-order chi connectivity index (χ0) is 23.3. The van der Waals surface area contributed by atoms with Crippen LogP contribution in [0.15, 0.2) is 11.6 Å². The highest BCUT2D eigenvalue weighted by molar-refractivity contribution is 7.81. The molecule has 0 aromatic rings. The number of thiol groups is 1. The Labute approximate surface area is 203 Å². The van der Waals surface area contributed by atoms with Gasteiger partial charge in [-0.3, -0.25) is 4.79 Å². The summed E-state index contributed by atoms with van der Waals surface area (Å²) < 4.78 is 5.62. The molecule has 4 aliphatic rings. The molecule has 0 amide bonds. The second kappa shape index (κ2) is 9.31. The van der Waals surface area contributed by atoms with Crippen LogP contribution in [-0.4, -0.2) is 17.3 Å². The van der Waals surface area contributed by atoms with E-state index in [1.807, 2.05) is 0 Å². The lowest BCUT2D eigenvalue weighted by Gasteiger charge is -2.58. The van der Waals surface area contributed by atoms with Crippen molar-refractivity contribution in [3.63, 3.8) is 0 Å². The van der Waals surface area contributed by atoms with Gasteiger partial charge in [-0.25, -0.2) is 0 Å². The quantitative estimate of drug-likeness (QED) is 0.248. The number of hydrogen-bond acceptors (Lipinski definition) is 3. The number of esters is 1. The van der Waals surface area contributed by atoms with Crippen LogP contribution in [0.5, 0.6) is 0 Å². The average Bonchev–Trinajstić information content (AvgIpc) is 3.08. The van der Waals surface area contributed by atoms with E-state index in [2.05, 4.69) is 40.7 Å². The molecule has 0 aromatic heterocycles. The maximum absolute atomic E-state index is 11.5. The first-order valence-electron chi connectivity index (χ1n) is 13.6. The largest absolute Gasteiger partial charge is 0.462 e. The first-order chi connectivity index (χ1) is 15.1. The first-order valence-corrected chi connectivity index (χ1v) is 14.1. The van der Waals surface area contributed by atoms with Crippen LogP contribution in [0.3, 0.4) is 0 Å². The summed E-state index contributed by atoms with van der Waals surface area (Å²) in [5, 5.41) is 0.544. The van der Waals surface area contributed by atoms with Gasteiger partial charge in [0.15, 0.2) is 0 Å². The van der Waals surface area contributed by atoms with Crippen molar-refractivity contribution in [2.75, 3.05) is 0 Å². The van der Waals surface area contributed by atoms with E-state index < -0.39 is 0 Å². The Bertz CT molecular complexity index is 729. The van der Waals surface area contributed by atoms with Crippen molar-refractivity contribution in [1.82, 2.24) is 0 Å². The Balaban J connectivity index is 1.46. The second-order valence-corrected chi connectivity index (χ2v) is 13.5. The van der Waals surface area contributed by atoms with E-state index in [1.54, 1.807) is 12.5 Å². The molecule has 4 aliphatic carbocycles. The molecule has 182 valence electrons. The summed E-state index contributed by atoms with van der Waals surface area (Å²) in [7, 11) is 0. The summed E-state index contributed by atoms with van der Waals surface area (Å²) >= 11 is 4.86. The van der Waals surface area contributed by atoms with Crippen molar-refractivity contribution in [3.05, 3.63) is 11.6 Å². The van der Waals surface area contributed by atoms with Gasteiger partial charge in [-0.05, 0) is 104 Å². The lowest BCUT2D eigenvalue weighted by Crippen LogP contribution is -2.51. The molecule has 0 aliphatic heterocycles. The summed E-state index contributed by atoms with van der Waals surface area (Å²) in [6.07, 6.45) is 15.5. The van der Waals surface area contributed by atoms with Crippen LogP contribution < -0.4 is 0 Å². The predicted octanol–water partition coefficient (Wildman–Crippen LogP) is 7.87. The van der Waals surface area contributed by atoms with Gasteiger partial charge in [0.05, 0.1) is 0 Å². The molecule has 9 unspecified atom stereocenters. The van der Waals surface area contributed by atoms with Gasteiger partial charge in [0.1, 0.15) is 6.10 Å². The molecule has 32 heavy (non-hydrogen) atoms. The van der Waals surface area contributed by atoms with Crippen LogP contribution in [0.2, 0.25) is 0 Å². The number of allylic oxidation sites excluding steroid dienone is 1. The lowest BCUT2D eigenvalue weighted by molar-refractivity contribution is -0.148. The van der Waals surface area contributed by atoms with Crippen LogP contribution >= 0.6 is 12.6 Å². The molecule has 0 aromatic carbocycles. The van der Waals surface area contributed by atoms with E-state index >= 15 is 0 Å². The number of fused-ring (bicyclic) bond motifs is 5. The summed E-state index contributed by atoms with van der Waals surface area (Å²) in [5.74, 6) is 4.84. The number of ether oxygens (including phenoxy) is 1. The van der Waals surface area contributed by atoms with Crippen molar-refractivity contribution >= 4 is 18.6 Å². The van der Waals surface area contributed by atoms with Gasteiger partial charge in [-0.15, -0.1) is 0 Å². The SMILES string of the molecule is CC(=O)OC1CCC2(C)C(=CCC3C2CCC2(C)C(C(C)CCC(S)C(C)C)CCC32)C1. The van der Waals surface area contributed by atoms with E-state index in [-0.39, 0.29) is 12.1 Å². The van der Waals surface area contributed by atoms with Crippen molar-refractivity contribution < 1.29 is 9.53 Å². The topological polar surface area (TPSA) is 26.3 Å². The zero-order valence-electron chi connectivity index (χ0n) is 21.5. The Morgan fingerprint density at radius 3 is 2.53 bits per heavy atom. The molecule has 3 fully saturated rings. The minimum atomic E-state index is -0.120. The molecule has 4 rings (SSSR count). The second-order valence-electron chi connectivity index (χ2n) is 12.8. The van der Waals surface area contributed by atoms with Crippen molar-refractivity contribution in [2.24, 2.45) is 46.3 Å². The Kier molecular flexibility index (Phi) is 7.18. The maximum atomic E-state index is 11.5. The average molecular weight is 461 g/mol. The van der Waals surface area contributed by atoms with Gasteiger partial charge in [-0.2, -0.15) is 12.6 Å². The first kappa shape index (κ1) is 24.7. The fraction of sp³-hybridized carbons (Fsp3) is 0.897. The summed E-state index contributed by atoms with van der Waals surface area (Å²) in [6.45, 7) is 13.9. The van der Waals surface area contributed by atoms with E-state index in [0.29, 0.717) is 22.0 Å². The predicted molar refractivity (Wildman–Crippen MR) is 137 cm³/mol. The Morgan fingerprint density at radius 1 is 1.09 bits per heavy atom. The number of carbonyl (C=O) groups is 1. The third-order valence-electron chi connectivity index (χ3n) is 10.8. The highest BCUT2D eigenvalue weighted by Gasteiger charge is 2.59. The summed E-state index contributed by atoms with van der Waals surface area (Å²) in [4.78, 5) is 11.5. The minimum absolute atomic E-state index is 0.107. The van der Waals surface area contributed by atoms with Crippen molar-refractivity contribution in [3.8, 4) is 0 Å². The smallest absolute Gasteiger partial charge is 0.302 e. The van der Waals surface area contributed by atoms with E-state index in [0.717, 1.165) is 42.4 Å². The fourth-order valence-corrected chi connectivity index (χ4v) is 9.06. The summed E-state index contributed by atoms with van der Waals surface area (Å²) in [6, 6.07) is 0. The molecule has 3 heteroatoms. The van der Waals surface area contributed by atoms with Gasteiger partial charge >= 0.3 is 5.97 Å². The lowest BCUT2D eigenvalue weighted by atomic mass is 9.47. The number of rotatable bonds is 6. The standard InChI is InChI=1S/C29H48O2S/c1-18(2)27(32)12-7-19(3)24-10-11-25-23-9-8-21-17-22(31-20(4)30)13-15-28(21,5)26(23)14-16-29(24,25)6/h8,18-19,22-27,32H,7,9-17H2,1-6H3. The Hall–Kier alpha value is -0.440. The third-order valence-corrected chi connectivity index (χ3v) is 11.7. The molecule has 0 N–H and O–H groups in total. The van der Waals surface area contributed by atoms with Gasteiger partial charge in [0, 0.05) is 18.6 Å². The number of hydrogen-bond donors (Lipinski definition) is 1. The van der Waals surface area contributed by atoms with Crippen LogP contribution in [-0.2, 0) is 9.53 Å². The minimum Gasteiger partial charge on any atom is -0.462 e. The van der Waals surface area contributed by atoms with Crippen LogP contribution in [0.4, 0.5) is 0 Å². The molecule has 0 spiro atoms. The highest BCUT2D eigenvalue weighted by Crippen LogP contribution is 2.67. The molecular formula is C29H48O2S. The summed E-state index contributed by atoms with van der Waals surface area (Å²) in [5.41, 5.74) is 2.47. The van der Waals surface area contributed by atoms with Crippen molar-refractivity contribution in [2.45, 2.75) is 117 Å². The monoisotopic (exact) mass is 460 g/mol. The van der Waals surface area contributed by atoms with Crippen LogP contribution in [0.25, 0.3) is 0 Å². The van der Waals surface area contributed by atoms with Gasteiger partial charge in [0.25, 0.3) is 0 Å². The molecule has 0 saturated heterocycles. The van der Waals surface area contributed by atoms with E-state index in [1.165, 1.54) is 51.4 Å². The van der Waals surface area contributed by atoms with E-state index in [9.17, 15) is 4.79 Å². The molecule has 0 bridgehead atoms. The molecule has 2 nitrogen and oxygen atoms in total. The van der Waals surface area contributed by atoms with Crippen LogP contribution in [0.1, 0.15) is 106 Å². The molecule has 3 saturated carbocycles.